The number of hydrogen-bond donors (Lipinski definition) is 1. The maximum absolute atomic E-state index is 11.8. The van der Waals surface area contributed by atoms with E-state index in [1.54, 1.807) is 0 Å². The summed E-state index contributed by atoms with van der Waals surface area (Å²) in [6.07, 6.45) is 1.28. The van der Waals surface area contributed by atoms with E-state index in [1.807, 2.05) is 56.3 Å². The minimum Gasteiger partial charge on any atom is -0.491 e. The number of amides is 1. The SMILES string of the molecule is Cc1ccc(C)c(OCCNC(=O)CCc2ccccc2)c1. The third-order valence-electron chi connectivity index (χ3n) is 3.51. The predicted molar refractivity (Wildman–Crippen MR) is 89.2 cm³/mol. The maximum Gasteiger partial charge on any atom is 0.220 e. The molecule has 0 fully saturated rings. The molecule has 0 bridgehead atoms. The Morgan fingerprint density at radius 3 is 2.64 bits per heavy atom. The zero-order valence-corrected chi connectivity index (χ0v) is 13.3. The number of ether oxygens (including phenoxy) is 1. The molecule has 0 aliphatic carbocycles. The van der Waals surface area contributed by atoms with Crippen molar-refractivity contribution in [1.82, 2.24) is 5.32 Å². The third kappa shape index (κ3) is 5.24. The van der Waals surface area contributed by atoms with E-state index >= 15 is 0 Å². The van der Waals surface area contributed by atoms with Gasteiger partial charge in [0.25, 0.3) is 0 Å². The van der Waals surface area contributed by atoms with Gasteiger partial charge in [-0.15, -0.1) is 0 Å². The molecule has 3 nitrogen and oxygen atoms in total. The molecular weight excluding hydrogens is 274 g/mol. The monoisotopic (exact) mass is 297 g/mol. The maximum atomic E-state index is 11.8. The molecule has 0 saturated heterocycles. The fourth-order valence-corrected chi connectivity index (χ4v) is 2.21. The van der Waals surface area contributed by atoms with Crippen LogP contribution >= 0.6 is 0 Å². The first-order chi connectivity index (χ1) is 10.6. The van der Waals surface area contributed by atoms with E-state index in [2.05, 4.69) is 11.4 Å². The number of rotatable bonds is 7. The highest BCUT2D eigenvalue weighted by Gasteiger charge is 2.03. The average molecular weight is 297 g/mol. The van der Waals surface area contributed by atoms with Crippen molar-refractivity contribution >= 4 is 5.91 Å². The van der Waals surface area contributed by atoms with Crippen LogP contribution < -0.4 is 10.1 Å². The molecule has 0 unspecified atom stereocenters. The Bertz CT molecular complexity index is 608. The summed E-state index contributed by atoms with van der Waals surface area (Å²) in [5.41, 5.74) is 3.47. The molecular formula is C19H23NO2. The molecule has 2 rings (SSSR count). The standard InChI is InChI=1S/C19H23NO2/c1-15-8-9-16(2)18(14-15)22-13-12-20-19(21)11-10-17-6-4-3-5-7-17/h3-9,14H,10-13H2,1-2H3,(H,20,21). The van der Waals surface area contributed by atoms with Gasteiger partial charge in [0, 0.05) is 6.42 Å². The van der Waals surface area contributed by atoms with Gasteiger partial charge in [0.1, 0.15) is 12.4 Å². The van der Waals surface area contributed by atoms with Gasteiger partial charge in [0.15, 0.2) is 0 Å². The molecule has 116 valence electrons. The topological polar surface area (TPSA) is 38.3 Å². The first-order valence-corrected chi connectivity index (χ1v) is 7.66. The summed E-state index contributed by atoms with van der Waals surface area (Å²) in [6, 6.07) is 16.2. The highest BCUT2D eigenvalue weighted by atomic mass is 16.5. The summed E-state index contributed by atoms with van der Waals surface area (Å²) < 4.78 is 5.72. The minimum absolute atomic E-state index is 0.0633. The van der Waals surface area contributed by atoms with E-state index in [9.17, 15) is 4.79 Å². The van der Waals surface area contributed by atoms with Crippen LogP contribution in [0.25, 0.3) is 0 Å². The van der Waals surface area contributed by atoms with Crippen molar-refractivity contribution in [1.29, 1.82) is 0 Å². The van der Waals surface area contributed by atoms with Gasteiger partial charge in [-0.3, -0.25) is 4.79 Å². The fourth-order valence-electron chi connectivity index (χ4n) is 2.21. The Morgan fingerprint density at radius 1 is 1.09 bits per heavy atom. The molecule has 0 spiro atoms. The summed E-state index contributed by atoms with van der Waals surface area (Å²) in [4.78, 5) is 11.8. The van der Waals surface area contributed by atoms with Gasteiger partial charge >= 0.3 is 0 Å². The van der Waals surface area contributed by atoms with Crippen LogP contribution in [0.4, 0.5) is 0 Å². The Labute approximate surface area is 132 Å². The Hall–Kier alpha value is -2.29. The average Bonchev–Trinajstić information content (AvgIpc) is 2.53. The van der Waals surface area contributed by atoms with Crippen molar-refractivity contribution in [2.75, 3.05) is 13.2 Å². The van der Waals surface area contributed by atoms with E-state index in [-0.39, 0.29) is 5.91 Å². The van der Waals surface area contributed by atoms with Crippen LogP contribution in [0.5, 0.6) is 5.75 Å². The van der Waals surface area contributed by atoms with Crippen LogP contribution in [0.1, 0.15) is 23.1 Å². The van der Waals surface area contributed by atoms with E-state index in [0.29, 0.717) is 19.6 Å². The number of benzene rings is 2. The van der Waals surface area contributed by atoms with E-state index < -0.39 is 0 Å². The smallest absolute Gasteiger partial charge is 0.220 e. The van der Waals surface area contributed by atoms with E-state index in [0.717, 1.165) is 17.7 Å². The fraction of sp³-hybridized carbons (Fsp3) is 0.316. The lowest BCUT2D eigenvalue weighted by Crippen LogP contribution is -2.28. The molecule has 0 radical (unpaired) electrons. The Morgan fingerprint density at radius 2 is 1.86 bits per heavy atom. The van der Waals surface area contributed by atoms with Crippen molar-refractivity contribution in [3.05, 3.63) is 65.2 Å². The molecule has 2 aromatic rings. The number of carbonyl (C=O) groups excluding carboxylic acids is 1. The largest absolute Gasteiger partial charge is 0.491 e. The Balaban J connectivity index is 1.66. The molecule has 2 aromatic carbocycles. The third-order valence-corrected chi connectivity index (χ3v) is 3.51. The first-order valence-electron chi connectivity index (χ1n) is 7.66. The quantitative estimate of drug-likeness (QED) is 0.795. The molecule has 0 saturated carbocycles. The van der Waals surface area contributed by atoms with Crippen molar-refractivity contribution in [2.45, 2.75) is 26.7 Å². The van der Waals surface area contributed by atoms with Crippen molar-refractivity contribution in [3.8, 4) is 5.75 Å². The first kappa shape index (κ1) is 16.1. The molecule has 1 amide bonds. The molecule has 0 heterocycles. The molecule has 3 heteroatoms. The van der Waals surface area contributed by atoms with Gasteiger partial charge in [-0.1, -0.05) is 42.5 Å². The van der Waals surface area contributed by atoms with Crippen LogP contribution in [0, 0.1) is 13.8 Å². The van der Waals surface area contributed by atoms with Crippen molar-refractivity contribution < 1.29 is 9.53 Å². The van der Waals surface area contributed by atoms with Gasteiger partial charge in [0.2, 0.25) is 5.91 Å². The van der Waals surface area contributed by atoms with Crippen molar-refractivity contribution in [2.24, 2.45) is 0 Å². The molecule has 0 atom stereocenters. The Kier molecular flexibility index (Phi) is 6.01. The molecule has 0 aliphatic rings. The van der Waals surface area contributed by atoms with Crippen molar-refractivity contribution in [3.63, 3.8) is 0 Å². The lowest BCUT2D eigenvalue weighted by atomic mass is 10.1. The lowest BCUT2D eigenvalue weighted by Gasteiger charge is -2.10. The van der Waals surface area contributed by atoms with Crippen LogP contribution in [0.2, 0.25) is 0 Å². The molecule has 0 aliphatic heterocycles. The predicted octanol–water partition coefficient (Wildman–Crippen LogP) is 3.43. The molecule has 22 heavy (non-hydrogen) atoms. The summed E-state index contributed by atoms with van der Waals surface area (Å²) in [5.74, 6) is 0.951. The normalized spacial score (nSPS) is 10.3. The van der Waals surface area contributed by atoms with Crippen LogP contribution in [-0.4, -0.2) is 19.1 Å². The summed E-state index contributed by atoms with van der Waals surface area (Å²) in [5, 5.41) is 2.89. The number of carbonyl (C=O) groups is 1. The van der Waals surface area contributed by atoms with Gasteiger partial charge in [0.05, 0.1) is 6.54 Å². The van der Waals surface area contributed by atoms with E-state index in [1.165, 1.54) is 11.1 Å². The summed E-state index contributed by atoms with van der Waals surface area (Å²) >= 11 is 0. The number of aryl methyl sites for hydroxylation is 3. The molecule has 1 N–H and O–H groups in total. The summed E-state index contributed by atoms with van der Waals surface area (Å²) in [6.45, 7) is 5.08. The molecule has 0 aromatic heterocycles. The van der Waals surface area contributed by atoms with Gasteiger partial charge in [-0.25, -0.2) is 0 Å². The lowest BCUT2D eigenvalue weighted by molar-refractivity contribution is -0.121. The minimum atomic E-state index is 0.0633. The van der Waals surface area contributed by atoms with Gasteiger partial charge in [-0.2, -0.15) is 0 Å². The summed E-state index contributed by atoms with van der Waals surface area (Å²) in [7, 11) is 0. The zero-order valence-electron chi connectivity index (χ0n) is 13.3. The van der Waals surface area contributed by atoms with Crippen LogP contribution in [0.3, 0.4) is 0 Å². The van der Waals surface area contributed by atoms with Gasteiger partial charge < -0.3 is 10.1 Å². The van der Waals surface area contributed by atoms with E-state index in [4.69, 9.17) is 4.74 Å². The second-order valence-corrected chi connectivity index (χ2v) is 5.45. The van der Waals surface area contributed by atoms with Crippen LogP contribution in [0.15, 0.2) is 48.5 Å². The zero-order chi connectivity index (χ0) is 15.8. The number of hydrogen-bond acceptors (Lipinski definition) is 2. The second kappa shape index (κ2) is 8.23. The highest BCUT2D eigenvalue weighted by molar-refractivity contribution is 5.76. The number of nitrogens with one attached hydrogen (secondary N) is 1. The van der Waals surface area contributed by atoms with Crippen LogP contribution in [-0.2, 0) is 11.2 Å². The highest BCUT2D eigenvalue weighted by Crippen LogP contribution is 2.18. The van der Waals surface area contributed by atoms with Gasteiger partial charge in [-0.05, 0) is 43.0 Å². The second-order valence-electron chi connectivity index (χ2n) is 5.45.